The van der Waals surface area contributed by atoms with Gasteiger partial charge in [0.15, 0.2) is 0 Å². The third-order valence-corrected chi connectivity index (χ3v) is 10.5. The zero-order valence-electron chi connectivity index (χ0n) is 20.0. The molecule has 3 fully saturated rings. The average molecular weight is 399 g/mol. The molecule has 3 saturated carbocycles. The molecule has 29 heavy (non-hydrogen) atoms. The van der Waals surface area contributed by atoms with E-state index >= 15 is 0 Å². The van der Waals surface area contributed by atoms with Crippen molar-refractivity contribution in [3.05, 3.63) is 23.3 Å². The van der Waals surface area contributed by atoms with Gasteiger partial charge in [-0.15, -0.1) is 0 Å². The van der Waals surface area contributed by atoms with E-state index < -0.39 is 0 Å². The Bertz CT molecular complexity index is 672. The van der Waals surface area contributed by atoms with Crippen molar-refractivity contribution in [2.45, 2.75) is 105 Å². The van der Waals surface area contributed by atoms with Crippen LogP contribution < -0.4 is 0 Å². The Morgan fingerprint density at radius 1 is 0.931 bits per heavy atom. The largest absolute Gasteiger partial charge is 0.393 e. The highest BCUT2D eigenvalue weighted by Gasteiger charge is 2.56. The SMILES string of the molecule is CC(C)[C@@H](C)CC[C@@H](C)[C@H]1CC[C@@H]2C3=CC=C4C[C@@H](O)CC[C@]4(C)[C@H]3CC[C@@]21C. The molecule has 1 heteroatoms. The predicted octanol–water partition coefficient (Wildman–Crippen LogP) is 7.55. The van der Waals surface area contributed by atoms with Gasteiger partial charge in [-0.25, -0.2) is 0 Å². The van der Waals surface area contributed by atoms with E-state index in [0.29, 0.717) is 10.8 Å². The first-order chi connectivity index (χ1) is 13.7. The van der Waals surface area contributed by atoms with Gasteiger partial charge in [-0.05, 0) is 91.3 Å². The molecule has 164 valence electrons. The van der Waals surface area contributed by atoms with E-state index in [0.717, 1.165) is 48.3 Å². The predicted molar refractivity (Wildman–Crippen MR) is 124 cm³/mol. The van der Waals surface area contributed by atoms with Crippen molar-refractivity contribution in [3.63, 3.8) is 0 Å². The lowest BCUT2D eigenvalue weighted by Gasteiger charge is -2.55. The second-order valence-electron chi connectivity index (χ2n) is 12.3. The van der Waals surface area contributed by atoms with Crippen LogP contribution in [0.4, 0.5) is 0 Å². The van der Waals surface area contributed by atoms with Gasteiger partial charge in [0, 0.05) is 0 Å². The van der Waals surface area contributed by atoms with Crippen molar-refractivity contribution >= 4 is 0 Å². The van der Waals surface area contributed by atoms with E-state index in [1.165, 1.54) is 44.9 Å². The van der Waals surface area contributed by atoms with E-state index in [9.17, 15) is 5.11 Å². The van der Waals surface area contributed by atoms with Crippen molar-refractivity contribution in [1.82, 2.24) is 0 Å². The van der Waals surface area contributed by atoms with Crippen LogP contribution in [0.25, 0.3) is 0 Å². The lowest BCUT2D eigenvalue weighted by molar-refractivity contribution is 0.0317. The first-order valence-corrected chi connectivity index (χ1v) is 12.8. The minimum atomic E-state index is -0.108. The zero-order chi connectivity index (χ0) is 21.0. The monoisotopic (exact) mass is 398 g/mol. The van der Waals surface area contributed by atoms with Gasteiger partial charge in [0.1, 0.15) is 0 Å². The summed E-state index contributed by atoms with van der Waals surface area (Å²) in [6.07, 6.45) is 16.4. The smallest absolute Gasteiger partial charge is 0.0578 e. The van der Waals surface area contributed by atoms with Crippen LogP contribution >= 0.6 is 0 Å². The summed E-state index contributed by atoms with van der Waals surface area (Å²) in [4.78, 5) is 0. The molecule has 0 spiro atoms. The first-order valence-electron chi connectivity index (χ1n) is 12.8. The van der Waals surface area contributed by atoms with Crippen LogP contribution in [-0.2, 0) is 0 Å². The van der Waals surface area contributed by atoms with E-state index in [2.05, 4.69) is 53.7 Å². The molecule has 0 bridgehead atoms. The zero-order valence-corrected chi connectivity index (χ0v) is 20.0. The summed E-state index contributed by atoms with van der Waals surface area (Å²) in [6.45, 7) is 14.9. The fourth-order valence-corrected chi connectivity index (χ4v) is 8.02. The van der Waals surface area contributed by atoms with E-state index in [-0.39, 0.29) is 6.10 Å². The second-order valence-corrected chi connectivity index (χ2v) is 12.3. The minimum absolute atomic E-state index is 0.108. The minimum Gasteiger partial charge on any atom is -0.393 e. The van der Waals surface area contributed by atoms with Crippen molar-refractivity contribution < 1.29 is 5.11 Å². The molecule has 4 aliphatic carbocycles. The van der Waals surface area contributed by atoms with Crippen LogP contribution in [0.1, 0.15) is 99.3 Å². The van der Waals surface area contributed by atoms with Crippen LogP contribution in [0.15, 0.2) is 23.3 Å². The van der Waals surface area contributed by atoms with Crippen molar-refractivity contribution in [2.75, 3.05) is 0 Å². The lowest BCUT2D eigenvalue weighted by atomic mass is 9.50. The van der Waals surface area contributed by atoms with Gasteiger partial charge in [-0.1, -0.05) is 77.7 Å². The maximum absolute atomic E-state index is 10.2. The van der Waals surface area contributed by atoms with Crippen LogP contribution in [0, 0.1) is 46.3 Å². The maximum Gasteiger partial charge on any atom is 0.0578 e. The summed E-state index contributed by atoms with van der Waals surface area (Å²) in [5, 5.41) is 10.2. The molecule has 0 unspecified atom stereocenters. The molecule has 4 rings (SSSR count). The Balaban J connectivity index is 1.52. The molecule has 0 amide bonds. The lowest BCUT2D eigenvalue weighted by Crippen LogP contribution is -2.46. The van der Waals surface area contributed by atoms with Crippen LogP contribution in [-0.4, -0.2) is 11.2 Å². The standard InChI is InChI=1S/C28H46O/c1-18(2)19(3)7-8-20(4)24-11-12-25-23-10-9-21-17-22(29)13-15-27(21,5)26(23)14-16-28(24,25)6/h9-10,18-20,22,24-26,29H,7-8,11-17H2,1-6H3/t19-,20+,22-,24+,25+,26-,27-,28+/m0/s1. The number of hydrogen-bond acceptors (Lipinski definition) is 1. The van der Waals surface area contributed by atoms with Crippen LogP contribution in [0.5, 0.6) is 0 Å². The average Bonchev–Trinajstić information content (AvgIpc) is 3.03. The fourth-order valence-electron chi connectivity index (χ4n) is 8.02. The molecule has 1 nitrogen and oxygen atoms in total. The van der Waals surface area contributed by atoms with Gasteiger partial charge >= 0.3 is 0 Å². The van der Waals surface area contributed by atoms with Crippen LogP contribution in [0.3, 0.4) is 0 Å². The summed E-state index contributed by atoms with van der Waals surface area (Å²) in [6, 6.07) is 0. The Hall–Kier alpha value is -0.560. The second kappa shape index (κ2) is 7.85. The summed E-state index contributed by atoms with van der Waals surface area (Å²) in [5.41, 5.74) is 4.17. The number of hydrogen-bond donors (Lipinski definition) is 1. The molecule has 0 heterocycles. The highest BCUT2D eigenvalue weighted by molar-refractivity contribution is 5.38. The molecule has 0 aromatic heterocycles. The molecule has 0 aromatic rings. The topological polar surface area (TPSA) is 20.2 Å². The van der Waals surface area contributed by atoms with Gasteiger partial charge in [-0.3, -0.25) is 0 Å². The number of aliphatic hydroxyl groups excluding tert-OH is 1. The van der Waals surface area contributed by atoms with Crippen molar-refractivity contribution in [1.29, 1.82) is 0 Å². The molecule has 0 aliphatic heterocycles. The van der Waals surface area contributed by atoms with E-state index in [4.69, 9.17) is 0 Å². The van der Waals surface area contributed by atoms with E-state index in [1.54, 1.807) is 11.1 Å². The van der Waals surface area contributed by atoms with Gasteiger partial charge < -0.3 is 5.11 Å². The third-order valence-electron chi connectivity index (χ3n) is 10.5. The molecule has 0 radical (unpaired) electrons. The highest BCUT2D eigenvalue weighted by atomic mass is 16.3. The van der Waals surface area contributed by atoms with Crippen molar-refractivity contribution in [3.8, 4) is 0 Å². The van der Waals surface area contributed by atoms with Gasteiger partial charge in [0.05, 0.1) is 6.10 Å². The molecule has 0 aromatic carbocycles. The van der Waals surface area contributed by atoms with Gasteiger partial charge in [0.25, 0.3) is 0 Å². The number of rotatable bonds is 5. The molecule has 0 saturated heterocycles. The highest BCUT2D eigenvalue weighted by Crippen LogP contribution is 2.66. The summed E-state index contributed by atoms with van der Waals surface area (Å²) >= 11 is 0. The summed E-state index contributed by atoms with van der Waals surface area (Å²) < 4.78 is 0. The Kier molecular flexibility index (Phi) is 5.86. The number of allylic oxidation sites excluding steroid dienone is 3. The quantitative estimate of drug-likeness (QED) is 0.506. The summed E-state index contributed by atoms with van der Waals surface area (Å²) in [5.74, 6) is 4.97. The number of fused-ring (bicyclic) bond motifs is 5. The molecule has 1 N–H and O–H groups in total. The van der Waals surface area contributed by atoms with Gasteiger partial charge in [-0.2, -0.15) is 0 Å². The van der Waals surface area contributed by atoms with Crippen molar-refractivity contribution in [2.24, 2.45) is 46.3 Å². The Morgan fingerprint density at radius 2 is 1.69 bits per heavy atom. The van der Waals surface area contributed by atoms with Gasteiger partial charge in [0.2, 0.25) is 0 Å². The Morgan fingerprint density at radius 3 is 2.41 bits per heavy atom. The maximum atomic E-state index is 10.2. The summed E-state index contributed by atoms with van der Waals surface area (Å²) in [7, 11) is 0. The Labute approximate surface area is 180 Å². The molecular weight excluding hydrogens is 352 g/mol. The fraction of sp³-hybridized carbons (Fsp3) is 0.857. The first kappa shape index (κ1) is 21.7. The molecule has 8 atom stereocenters. The van der Waals surface area contributed by atoms with E-state index in [1.807, 2.05) is 0 Å². The number of aliphatic hydroxyl groups is 1. The third kappa shape index (κ3) is 3.58. The molecule has 4 aliphatic rings. The van der Waals surface area contributed by atoms with Crippen LogP contribution in [0.2, 0.25) is 0 Å². The molecular formula is C28H46O. The normalized spacial score (nSPS) is 43.7.